The lowest BCUT2D eigenvalue weighted by Gasteiger charge is -2.15. The first-order valence-electron chi connectivity index (χ1n) is 6.07. The molecule has 1 aliphatic carbocycles. The Hall–Kier alpha value is -1.40. The van der Waals surface area contributed by atoms with E-state index in [0.29, 0.717) is 4.90 Å². The number of carbonyl (C=O) groups is 2. The number of halogens is 1. The number of aromatic carboxylic acids is 1. The Kier molecular flexibility index (Phi) is 4.45. The van der Waals surface area contributed by atoms with Crippen molar-refractivity contribution < 1.29 is 18.9 Å². The van der Waals surface area contributed by atoms with Crippen molar-refractivity contribution in [2.75, 3.05) is 12.8 Å². The monoisotopic (exact) mass is 315 g/mol. The van der Waals surface area contributed by atoms with Crippen molar-refractivity contribution in [3.63, 3.8) is 0 Å². The second-order valence-corrected chi connectivity index (χ2v) is 6.53. The van der Waals surface area contributed by atoms with E-state index < -0.39 is 16.8 Å². The average Bonchev–Trinajstić information content (AvgIpc) is 3.22. The van der Waals surface area contributed by atoms with Crippen LogP contribution in [0.4, 0.5) is 0 Å². The van der Waals surface area contributed by atoms with E-state index in [-0.39, 0.29) is 28.3 Å². The Bertz CT molecular complexity index is 586. The molecule has 0 bridgehead atoms. The summed E-state index contributed by atoms with van der Waals surface area (Å²) in [6, 6.07) is 4.38. The molecule has 1 unspecified atom stereocenters. The fourth-order valence-corrected chi connectivity index (χ4v) is 3.03. The molecule has 5 nitrogen and oxygen atoms in total. The standard InChI is InChI=1S/C13H14ClNO4S/c1-15(8-2-3-8)12(16)7-20(19)9-4-5-11(14)10(6-9)13(17)18/h4-6,8H,2-3,7H2,1H3,(H,17,18). The zero-order valence-electron chi connectivity index (χ0n) is 10.8. The van der Waals surface area contributed by atoms with E-state index in [0.717, 1.165) is 12.8 Å². The molecule has 1 aromatic carbocycles. The highest BCUT2D eigenvalue weighted by Gasteiger charge is 2.30. The molecule has 20 heavy (non-hydrogen) atoms. The van der Waals surface area contributed by atoms with Crippen LogP contribution in [0.25, 0.3) is 0 Å². The van der Waals surface area contributed by atoms with E-state index in [1.807, 2.05) is 0 Å². The molecule has 108 valence electrons. The van der Waals surface area contributed by atoms with Crippen LogP contribution in [0.15, 0.2) is 23.1 Å². The molecule has 0 radical (unpaired) electrons. The molecule has 0 saturated heterocycles. The summed E-state index contributed by atoms with van der Waals surface area (Å²) in [5, 5.41) is 9.05. The van der Waals surface area contributed by atoms with Crippen LogP contribution < -0.4 is 0 Å². The summed E-state index contributed by atoms with van der Waals surface area (Å²) in [7, 11) is 0.125. The third kappa shape index (κ3) is 3.37. The highest BCUT2D eigenvalue weighted by molar-refractivity contribution is 7.85. The highest BCUT2D eigenvalue weighted by Crippen LogP contribution is 2.26. The van der Waals surface area contributed by atoms with Crippen molar-refractivity contribution in [2.45, 2.75) is 23.8 Å². The lowest BCUT2D eigenvalue weighted by molar-refractivity contribution is -0.127. The smallest absolute Gasteiger partial charge is 0.337 e. The number of benzene rings is 1. The van der Waals surface area contributed by atoms with Gasteiger partial charge in [0.2, 0.25) is 5.91 Å². The summed E-state index contributed by atoms with van der Waals surface area (Å²) in [4.78, 5) is 24.7. The van der Waals surface area contributed by atoms with Crippen LogP contribution in [0, 0.1) is 0 Å². The van der Waals surface area contributed by atoms with Gasteiger partial charge in [-0.05, 0) is 31.0 Å². The van der Waals surface area contributed by atoms with Crippen molar-refractivity contribution >= 4 is 34.3 Å². The molecule has 0 spiro atoms. The number of amides is 1. The van der Waals surface area contributed by atoms with E-state index in [1.165, 1.54) is 18.2 Å². The van der Waals surface area contributed by atoms with E-state index in [4.69, 9.17) is 16.7 Å². The fourth-order valence-electron chi connectivity index (χ4n) is 1.77. The van der Waals surface area contributed by atoms with E-state index >= 15 is 0 Å². The van der Waals surface area contributed by atoms with E-state index in [2.05, 4.69) is 0 Å². The Morgan fingerprint density at radius 3 is 2.65 bits per heavy atom. The number of carboxylic acid groups (broad SMARTS) is 1. The molecule has 1 amide bonds. The zero-order chi connectivity index (χ0) is 14.9. The van der Waals surface area contributed by atoms with Crippen molar-refractivity contribution in [1.82, 2.24) is 4.90 Å². The maximum atomic E-state index is 12.1. The molecule has 1 aromatic rings. The largest absolute Gasteiger partial charge is 0.478 e. The van der Waals surface area contributed by atoms with Crippen LogP contribution in [-0.2, 0) is 15.6 Å². The molecule has 2 rings (SSSR count). The normalized spacial score (nSPS) is 15.7. The van der Waals surface area contributed by atoms with Gasteiger partial charge in [-0.3, -0.25) is 9.00 Å². The predicted octanol–water partition coefficient (Wildman–Crippen LogP) is 1.77. The molecule has 7 heteroatoms. The van der Waals surface area contributed by atoms with Gasteiger partial charge in [0.05, 0.1) is 21.4 Å². The van der Waals surface area contributed by atoms with Gasteiger partial charge in [-0.15, -0.1) is 0 Å². The van der Waals surface area contributed by atoms with Crippen LogP contribution >= 0.6 is 11.6 Å². The van der Waals surface area contributed by atoms with Crippen molar-refractivity contribution in [2.24, 2.45) is 0 Å². The number of nitrogens with zero attached hydrogens (tertiary/aromatic N) is 1. The Morgan fingerprint density at radius 2 is 2.10 bits per heavy atom. The highest BCUT2D eigenvalue weighted by atomic mass is 35.5. The van der Waals surface area contributed by atoms with Crippen LogP contribution in [0.1, 0.15) is 23.2 Å². The molecule has 0 aliphatic heterocycles. The first kappa shape index (κ1) is 15.0. The number of carboxylic acids is 1. The van der Waals surface area contributed by atoms with Crippen LogP contribution in [0.5, 0.6) is 0 Å². The van der Waals surface area contributed by atoms with Gasteiger partial charge >= 0.3 is 5.97 Å². The number of hydrogen-bond donors (Lipinski definition) is 1. The summed E-state index contributed by atoms with van der Waals surface area (Å²) in [5.74, 6) is -1.53. The minimum absolute atomic E-state index is 0.0830. The Morgan fingerprint density at radius 1 is 1.45 bits per heavy atom. The molecule has 1 atom stereocenters. The summed E-state index contributed by atoms with van der Waals surface area (Å²) in [6.07, 6.45) is 1.97. The molecule has 1 aliphatic rings. The number of hydrogen-bond acceptors (Lipinski definition) is 3. The van der Waals surface area contributed by atoms with Crippen molar-refractivity contribution in [1.29, 1.82) is 0 Å². The van der Waals surface area contributed by atoms with Gasteiger partial charge < -0.3 is 10.0 Å². The minimum Gasteiger partial charge on any atom is -0.478 e. The second-order valence-electron chi connectivity index (χ2n) is 4.67. The maximum absolute atomic E-state index is 12.1. The topological polar surface area (TPSA) is 74.7 Å². The molecular weight excluding hydrogens is 302 g/mol. The lowest BCUT2D eigenvalue weighted by atomic mass is 10.2. The molecule has 0 heterocycles. The quantitative estimate of drug-likeness (QED) is 0.898. The van der Waals surface area contributed by atoms with Crippen LogP contribution in [0.3, 0.4) is 0 Å². The van der Waals surface area contributed by atoms with Gasteiger partial charge in [-0.2, -0.15) is 0 Å². The van der Waals surface area contributed by atoms with Crippen LogP contribution in [-0.4, -0.2) is 44.9 Å². The van der Waals surface area contributed by atoms with Gasteiger partial charge in [0.1, 0.15) is 5.75 Å². The average molecular weight is 316 g/mol. The Balaban J connectivity index is 2.10. The summed E-state index contributed by atoms with van der Waals surface area (Å²) >= 11 is 5.75. The first-order chi connectivity index (χ1) is 9.40. The molecule has 1 N–H and O–H groups in total. The van der Waals surface area contributed by atoms with Gasteiger partial charge in [0, 0.05) is 18.0 Å². The van der Waals surface area contributed by atoms with Gasteiger partial charge in [-0.1, -0.05) is 11.6 Å². The number of rotatable bonds is 5. The summed E-state index contributed by atoms with van der Waals surface area (Å²) in [5.41, 5.74) is -0.111. The maximum Gasteiger partial charge on any atom is 0.337 e. The van der Waals surface area contributed by atoms with Crippen molar-refractivity contribution in [3.8, 4) is 0 Å². The predicted molar refractivity (Wildman–Crippen MR) is 75.5 cm³/mol. The van der Waals surface area contributed by atoms with Crippen LogP contribution in [0.2, 0.25) is 5.02 Å². The molecule has 1 fully saturated rings. The summed E-state index contributed by atoms with van der Waals surface area (Å²) < 4.78 is 12.1. The van der Waals surface area contributed by atoms with E-state index in [9.17, 15) is 13.8 Å². The minimum atomic E-state index is -1.57. The molecule has 0 aromatic heterocycles. The SMILES string of the molecule is CN(C(=O)CS(=O)c1ccc(Cl)c(C(=O)O)c1)C1CC1. The lowest BCUT2D eigenvalue weighted by Crippen LogP contribution is -2.32. The van der Waals surface area contributed by atoms with Gasteiger partial charge in [0.25, 0.3) is 0 Å². The second kappa shape index (κ2) is 5.93. The first-order valence-corrected chi connectivity index (χ1v) is 7.76. The third-order valence-electron chi connectivity index (χ3n) is 3.17. The third-order valence-corrected chi connectivity index (χ3v) is 4.79. The fraction of sp³-hybridized carbons (Fsp3) is 0.385. The Labute approximate surface area is 124 Å². The van der Waals surface area contributed by atoms with Crippen molar-refractivity contribution in [3.05, 3.63) is 28.8 Å². The zero-order valence-corrected chi connectivity index (χ0v) is 12.4. The van der Waals surface area contributed by atoms with E-state index in [1.54, 1.807) is 11.9 Å². The van der Waals surface area contributed by atoms with Gasteiger partial charge in [-0.25, -0.2) is 4.79 Å². The molecular formula is C13H14ClNO4S. The number of carbonyl (C=O) groups excluding carboxylic acids is 1. The summed E-state index contributed by atoms with van der Waals surface area (Å²) in [6.45, 7) is 0. The van der Waals surface area contributed by atoms with Gasteiger partial charge in [0.15, 0.2) is 0 Å². The molecule has 1 saturated carbocycles.